The van der Waals surface area contributed by atoms with Gasteiger partial charge in [0.1, 0.15) is 0 Å². The molecule has 1 unspecified atom stereocenters. The van der Waals surface area contributed by atoms with Gasteiger partial charge in [-0.15, -0.1) is 11.6 Å². The first-order valence-corrected chi connectivity index (χ1v) is 7.44. The number of alkyl halides is 1. The molecule has 1 heterocycles. The Balaban J connectivity index is 2.35. The van der Waals surface area contributed by atoms with Crippen LogP contribution in [-0.2, 0) is 16.4 Å². The van der Waals surface area contributed by atoms with Gasteiger partial charge in [0.2, 0.25) is 15.9 Å². The van der Waals surface area contributed by atoms with Gasteiger partial charge in [0, 0.05) is 25.8 Å². The Labute approximate surface area is 106 Å². The van der Waals surface area contributed by atoms with E-state index in [0.29, 0.717) is 24.0 Å². The van der Waals surface area contributed by atoms with E-state index < -0.39 is 10.0 Å². The number of sulfonamides is 1. The van der Waals surface area contributed by atoms with Crippen molar-refractivity contribution >= 4 is 21.6 Å². The van der Waals surface area contributed by atoms with Gasteiger partial charge in [0.15, 0.2) is 5.82 Å². The van der Waals surface area contributed by atoms with Crippen LogP contribution in [0.4, 0.5) is 0 Å². The molecule has 0 spiro atoms. The topological polar surface area (TPSA) is 85.1 Å². The predicted molar refractivity (Wildman–Crippen MR) is 64.4 cm³/mol. The molecule has 1 aromatic heterocycles. The van der Waals surface area contributed by atoms with Crippen LogP contribution in [0.15, 0.2) is 4.52 Å². The number of nitrogens with zero attached hydrogens (tertiary/aromatic N) is 2. The number of hydrogen-bond acceptors (Lipinski definition) is 5. The Kier molecular flexibility index (Phi) is 5.35. The van der Waals surface area contributed by atoms with Crippen molar-refractivity contribution in [3.8, 4) is 0 Å². The highest BCUT2D eigenvalue weighted by Gasteiger charge is 2.14. The van der Waals surface area contributed by atoms with E-state index in [1.807, 2.05) is 0 Å². The number of nitrogens with one attached hydrogen (secondary N) is 1. The van der Waals surface area contributed by atoms with Crippen molar-refractivity contribution in [2.24, 2.45) is 5.92 Å². The summed E-state index contributed by atoms with van der Waals surface area (Å²) in [6.07, 6.45) is 0.409. The van der Waals surface area contributed by atoms with Crippen LogP contribution >= 0.6 is 11.6 Å². The summed E-state index contributed by atoms with van der Waals surface area (Å²) in [5.74, 6) is 1.25. The third-order valence-electron chi connectivity index (χ3n) is 2.01. The summed E-state index contributed by atoms with van der Waals surface area (Å²) in [7, 11) is -3.28. The third kappa shape index (κ3) is 5.47. The fourth-order valence-electron chi connectivity index (χ4n) is 1.24. The first-order chi connectivity index (χ1) is 7.93. The quantitative estimate of drug-likeness (QED) is 0.744. The van der Waals surface area contributed by atoms with E-state index in [4.69, 9.17) is 16.1 Å². The lowest BCUT2D eigenvalue weighted by Crippen LogP contribution is -2.31. The molecule has 1 aromatic rings. The minimum atomic E-state index is -3.28. The van der Waals surface area contributed by atoms with Crippen LogP contribution in [-0.4, -0.2) is 36.7 Å². The van der Waals surface area contributed by atoms with Gasteiger partial charge in [-0.05, 0) is 5.92 Å². The van der Waals surface area contributed by atoms with Crippen molar-refractivity contribution in [2.45, 2.75) is 20.3 Å². The Bertz CT molecular complexity index is 446. The van der Waals surface area contributed by atoms with Gasteiger partial charge in [-0.3, -0.25) is 0 Å². The van der Waals surface area contributed by atoms with Crippen LogP contribution in [0.1, 0.15) is 18.6 Å². The van der Waals surface area contributed by atoms with E-state index in [1.165, 1.54) is 0 Å². The van der Waals surface area contributed by atoms with Crippen molar-refractivity contribution < 1.29 is 12.9 Å². The molecule has 6 nitrogen and oxygen atoms in total. The van der Waals surface area contributed by atoms with Crippen LogP contribution in [0.2, 0.25) is 0 Å². The van der Waals surface area contributed by atoms with E-state index in [1.54, 1.807) is 13.8 Å². The molecule has 17 heavy (non-hydrogen) atoms. The largest absolute Gasteiger partial charge is 0.340 e. The molecule has 98 valence electrons. The van der Waals surface area contributed by atoms with E-state index in [0.717, 1.165) is 0 Å². The second kappa shape index (κ2) is 6.32. The number of halogens is 1. The zero-order chi connectivity index (χ0) is 12.9. The summed E-state index contributed by atoms with van der Waals surface area (Å²) in [6, 6.07) is 0. The molecule has 0 bridgehead atoms. The molecule has 0 radical (unpaired) electrons. The van der Waals surface area contributed by atoms with Gasteiger partial charge in [0.05, 0.1) is 5.75 Å². The molecule has 0 aliphatic carbocycles. The monoisotopic (exact) mass is 281 g/mol. The summed E-state index contributed by atoms with van der Waals surface area (Å²) in [4.78, 5) is 3.97. The Morgan fingerprint density at radius 1 is 1.53 bits per heavy atom. The van der Waals surface area contributed by atoms with E-state index in [2.05, 4.69) is 14.9 Å². The van der Waals surface area contributed by atoms with Gasteiger partial charge < -0.3 is 4.52 Å². The second-order valence-electron chi connectivity index (χ2n) is 3.91. The number of aryl methyl sites for hydroxylation is 1. The second-order valence-corrected chi connectivity index (χ2v) is 6.07. The SMILES string of the molecule is Cc1nc(CCNS(=O)(=O)CC(C)CCl)no1. The van der Waals surface area contributed by atoms with Crippen LogP contribution in [0, 0.1) is 12.8 Å². The normalized spacial score (nSPS) is 13.8. The Morgan fingerprint density at radius 3 is 2.76 bits per heavy atom. The van der Waals surface area contributed by atoms with Crippen LogP contribution in [0.5, 0.6) is 0 Å². The maximum absolute atomic E-state index is 11.6. The fraction of sp³-hybridized carbons (Fsp3) is 0.778. The molecular formula is C9H16ClN3O3S. The highest BCUT2D eigenvalue weighted by atomic mass is 35.5. The van der Waals surface area contributed by atoms with Crippen molar-refractivity contribution in [3.05, 3.63) is 11.7 Å². The lowest BCUT2D eigenvalue weighted by Gasteiger charge is -2.09. The predicted octanol–water partition coefficient (Wildman–Crippen LogP) is 0.715. The van der Waals surface area contributed by atoms with Crippen molar-refractivity contribution in [1.29, 1.82) is 0 Å². The van der Waals surface area contributed by atoms with Crippen LogP contribution in [0.3, 0.4) is 0 Å². The van der Waals surface area contributed by atoms with Crippen molar-refractivity contribution in [3.63, 3.8) is 0 Å². The first kappa shape index (κ1) is 14.4. The molecule has 8 heteroatoms. The van der Waals surface area contributed by atoms with Crippen molar-refractivity contribution in [1.82, 2.24) is 14.9 Å². The zero-order valence-electron chi connectivity index (χ0n) is 9.81. The highest BCUT2D eigenvalue weighted by Crippen LogP contribution is 2.02. The van der Waals surface area contributed by atoms with Gasteiger partial charge >= 0.3 is 0 Å². The van der Waals surface area contributed by atoms with Gasteiger partial charge in [-0.1, -0.05) is 12.1 Å². The lowest BCUT2D eigenvalue weighted by atomic mass is 10.3. The van der Waals surface area contributed by atoms with Crippen LogP contribution < -0.4 is 4.72 Å². The number of aromatic nitrogens is 2. The van der Waals surface area contributed by atoms with Gasteiger partial charge in [0.25, 0.3) is 0 Å². The zero-order valence-corrected chi connectivity index (χ0v) is 11.4. The van der Waals surface area contributed by atoms with E-state index in [-0.39, 0.29) is 18.2 Å². The Morgan fingerprint density at radius 2 is 2.24 bits per heavy atom. The van der Waals surface area contributed by atoms with Crippen LogP contribution in [0.25, 0.3) is 0 Å². The van der Waals surface area contributed by atoms with Gasteiger partial charge in [-0.2, -0.15) is 4.98 Å². The molecule has 0 saturated heterocycles. The average molecular weight is 282 g/mol. The number of hydrogen-bond donors (Lipinski definition) is 1. The summed E-state index contributed by atoms with van der Waals surface area (Å²) in [5, 5.41) is 3.67. The fourth-order valence-corrected chi connectivity index (χ4v) is 2.88. The minimum absolute atomic E-state index is 0.0295. The molecular weight excluding hydrogens is 266 g/mol. The average Bonchev–Trinajstić information content (AvgIpc) is 2.63. The first-order valence-electron chi connectivity index (χ1n) is 5.25. The third-order valence-corrected chi connectivity index (χ3v) is 4.19. The van der Waals surface area contributed by atoms with E-state index in [9.17, 15) is 8.42 Å². The highest BCUT2D eigenvalue weighted by molar-refractivity contribution is 7.89. The molecule has 0 aromatic carbocycles. The molecule has 0 aliphatic heterocycles. The van der Waals surface area contributed by atoms with Gasteiger partial charge in [-0.25, -0.2) is 13.1 Å². The molecule has 0 fully saturated rings. The minimum Gasteiger partial charge on any atom is -0.340 e. The standard InChI is InChI=1S/C9H16ClN3O3S/c1-7(5-10)6-17(14,15)11-4-3-9-12-8(2)16-13-9/h7,11H,3-6H2,1-2H3. The summed E-state index contributed by atoms with van der Waals surface area (Å²) >= 11 is 5.57. The smallest absolute Gasteiger partial charge is 0.223 e. The maximum Gasteiger partial charge on any atom is 0.223 e. The summed E-state index contributed by atoms with van der Waals surface area (Å²) in [5.41, 5.74) is 0. The molecule has 0 amide bonds. The van der Waals surface area contributed by atoms with E-state index >= 15 is 0 Å². The number of rotatable bonds is 7. The molecule has 1 atom stereocenters. The molecule has 0 saturated carbocycles. The Hall–Kier alpha value is -0.660. The molecule has 0 aliphatic rings. The summed E-state index contributed by atoms with van der Waals surface area (Å²) in [6.45, 7) is 3.73. The van der Waals surface area contributed by atoms with Crippen molar-refractivity contribution in [2.75, 3.05) is 18.2 Å². The molecule has 1 N–H and O–H groups in total. The maximum atomic E-state index is 11.6. The lowest BCUT2D eigenvalue weighted by molar-refractivity contribution is 0.387. The summed E-state index contributed by atoms with van der Waals surface area (Å²) < 4.78 is 30.4. The molecule has 1 rings (SSSR count).